The number of amides is 3. The lowest BCUT2D eigenvalue weighted by molar-refractivity contribution is -0.384. The number of nitrogens with zero attached hydrogens (tertiary/aromatic N) is 1. The number of fused-ring (bicyclic) bond motifs is 3. The molecule has 0 radical (unpaired) electrons. The van der Waals surface area contributed by atoms with Crippen LogP contribution in [0.2, 0.25) is 0 Å². The van der Waals surface area contributed by atoms with Crippen LogP contribution in [0.1, 0.15) is 88.5 Å². The minimum atomic E-state index is -0.991. The summed E-state index contributed by atoms with van der Waals surface area (Å²) in [5.74, 6) is -2.10. The number of carbonyl (C=O) groups is 6. The van der Waals surface area contributed by atoms with E-state index in [1.165, 1.54) is 24.3 Å². The van der Waals surface area contributed by atoms with Gasteiger partial charge in [0.05, 0.1) is 17.0 Å². The van der Waals surface area contributed by atoms with E-state index >= 15 is 0 Å². The predicted octanol–water partition coefficient (Wildman–Crippen LogP) is 8.01. The maximum absolute atomic E-state index is 13.6. The zero-order valence-electron chi connectivity index (χ0n) is 36.8. The highest BCUT2D eigenvalue weighted by molar-refractivity contribution is 5.94. The molecule has 3 N–H and O–H groups in total. The molecule has 64 heavy (non-hydrogen) atoms. The molecule has 0 bridgehead atoms. The summed E-state index contributed by atoms with van der Waals surface area (Å²) in [4.78, 5) is 88.6. The number of rotatable bonds is 22. The summed E-state index contributed by atoms with van der Waals surface area (Å²) in [7, 11) is 0. The number of nitro benzene ring substituents is 1. The molecular weight excluding hydrogens is 821 g/mol. The lowest BCUT2D eigenvalue weighted by Crippen LogP contribution is -2.47. The zero-order valence-corrected chi connectivity index (χ0v) is 36.8. The molecule has 0 fully saturated rings. The molecular formula is C49H56N4O11. The van der Waals surface area contributed by atoms with Crippen LogP contribution in [0, 0.1) is 27.9 Å². The SMILES string of the molecule is CC(C)C[C@H](NC(=O)CCNC(=O)OCC1c2ccccc2-c2ccccc21)C(=O)C[C@@H](C)C(=O)N[C@@H](CC(C)C)C(=O)Cc1ccc(COC(=O)Oc2ccc([N+](=O)[O-])cc2)cc1. The van der Waals surface area contributed by atoms with Crippen LogP contribution in [-0.4, -0.2) is 65.8 Å². The molecule has 0 unspecified atom stereocenters. The van der Waals surface area contributed by atoms with E-state index in [0.717, 1.165) is 22.3 Å². The van der Waals surface area contributed by atoms with E-state index in [0.29, 0.717) is 24.0 Å². The van der Waals surface area contributed by atoms with E-state index in [1.54, 1.807) is 31.2 Å². The number of ether oxygens (including phenoxy) is 3. The topological polar surface area (TPSA) is 209 Å². The van der Waals surface area contributed by atoms with Crippen LogP contribution in [0.15, 0.2) is 97.1 Å². The minimum Gasteiger partial charge on any atom is -0.449 e. The number of nitrogens with one attached hydrogen (secondary N) is 3. The first-order valence-corrected chi connectivity index (χ1v) is 21.5. The van der Waals surface area contributed by atoms with Gasteiger partial charge in [-0.25, -0.2) is 9.59 Å². The summed E-state index contributed by atoms with van der Waals surface area (Å²) in [5.41, 5.74) is 5.56. The zero-order chi connectivity index (χ0) is 46.3. The summed E-state index contributed by atoms with van der Waals surface area (Å²) in [6.45, 7) is 9.35. The Hall–Kier alpha value is -6.90. The van der Waals surface area contributed by atoms with E-state index in [-0.39, 0.29) is 79.8 Å². The molecule has 0 heterocycles. The molecule has 4 aromatic rings. The maximum Gasteiger partial charge on any atom is 0.514 e. The van der Waals surface area contributed by atoms with Crippen LogP contribution in [0.5, 0.6) is 5.75 Å². The Kier molecular flexibility index (Phi) is 17.3. The van der Waals surface area contributed by atoms with Gasteiger partial charge in [-0.15, -0.1) is 0 Å². The predicted molar refractivity (Wildman–Crippen MR) is 238 cm³/mol. The largest absolute Gasteiger partial charge is 0.514 e. The van der Waals surface area contributed by atoms with Crippen molar-refractivity contribution in [2.75, 3.05) is 13.2 Å². The van der Waals surface area contributed by atoms with E-state index in [9.17, 15) is 38.9 Å². The van der Waals surface area contributed by atoms with Gasteiger partial charge in [0.1, 0.15) is 19.0 Å². The van der Waals surface area contributed by atoms with Gasteiger partial charge in [0.2, 0.25) is 11.8 Å². The molecule has 0 aromatic heterocycles. The van der Waals surface area contributed by atoms with Gasteiger partial charge in [0, 0.05) is 49.8 Å². The Labute approximate surface area is 372 Å². The van der Waals surface area contributed by atoms with Gasteiger partial charge < -0.3 is 30.2 Å². The first kappa shape index (κ1) is 48.1. The Morgan fingerprint density at radius 2 is 1.25 bits per heavy atom. The Balaban J connectivity index is 1.05. The average Bonchev–Trinajstić information content (AvgIpc) is 3.58. The van der Waals surface area contributed by atoms with E-state index in [4.69, 9.17) is 14.2 Å². The highest BCUT2D eigenvalue weighted by Crippen LogP contribution is 2.44. The number of hydrogen-bond acceptors (Lipinski definition) is 11. The normalized spacial score (nSPS) is 13.2. The highest BCUT2D eigenvalue weighted by atomic mass is 16.7. The lowest BCUT2D eigenvalue weighted by atomic mass is 9.92. The summed E-state index contributed by atoms with van der Waals surface area (Å²) >= 11 is 0. The fraction of sp³-hybridized carbons (Fsp3) is 0.388. The van der Waals surface area contributed by atoms with Crippen molar-refractivity contribution in [3.63, 3.8) is 0 Å². The van der Waals surface area contributed by atoms with Gasteiger partial charge >= 0.3 is 12.2 Å². The van der Waals surface area contributed by atoms with Crippen molar-refractivity contribution in [2.45, 2.75) is 91.3 Å². The third kappa shape index (κ3) is 14.1. The standard InChI is InChI=1S/C49H56N4O11/c1-30(2)24-42(51-46(56)22-23-50-48(58)62-29-41-39-12-8-6-10-37(39)38-11-7-9-13-40(38)41)44(54)26-32(5)47(57)52-43(25-31(3)4)45(55)27-33-14-16-34(17-15-33)28-63-49(59)64-36-20-18-35(19-21-36)53(60)61/h6-21,30-32,41-43H,22-29H2,1-5H3,(H,50,58)(H,51,56)(H,52,57)/t32-,42+,43+/m1/s1. The monoisotopic (exact) mass is 876 g/mol. The van der Waals surface area contributed by atoms with Crippen molar-refractivity contribution in [1.29, 1.82) is 0 Å². The number of non-ortho nitro benzene ring substituents is 1. The Morgan fingerprint density at radius 1 is 0.688 bits per heavy atom. The third-order valence-electron chi connectivity index (χ3n) is 10.8. The lowest BCUT2D eigenvalue weighted by Gasteiger charge is -2.24. The van der Waals surface area contributed by atoms with Crippen LogP contribution >= 0.6 is 0 Å². The second-order valence-electron chi connectivity index (χ2n) is 16.9. The number of ketones is 2. The molecule has 15 nitrogen and oxygen atoms in total. The smallest absolute Gasteiger partial charge is 0.449 e. The van der Waals surface area contributed by atoms with Crippen LogP contribution in [0.25, 0.3) is 11.1 Å². The Morgan fingerprint density at radius 3 is 1.83 bits per heavy atom. The number of carbonyl (C=O) groups excluding carboxylic acids is 6. The van der Waals surface area contributed by atoms with Gasteiger partial charge in [0.25, 0.3) is 5.69 Å². The average molecular weight is 877 g/mol. The minimum absolute atomic E-state index is 0.00204. The Bertz CT molecular complexity index is 2250. The van der Waals surface area contributed by atoms with Crippen molar-refractivity contribution in [1.82, 2.24) is 16.0 Å². The second-order valence-corrected chi connectivity index (χ2v) is 16.9. The molecule has 15 heteroatoms. The summed E-state index contributed by atoms with van der Waals surface area (Å²) in [6, 6.07) is 26.2. The number of alkyl carbamates (subject to hydrolysis) is 1. The fourth-order valence-corrected chi connectivity index (χ4v) is 7.51. The third-order valence-corrected chi connectivity index (χ3v) is 10.8. The highest BCUT2D eigenvalue weighted by Gasteiger charge is 2.31. The molecule has 0 saturated heterocycles. The van der Waals surface area contributed by atoms with Crippen molar-refractivity contribution in [2.24, 2.45) is 17.8 Å². The van der Waals surface area contributed by atoms with Crippen LogP contribution in [0.4, 0.5) is 15.3 Å². The number of nitro groups is 1. The van der Waals surface area contributed by atoms with Crippen LogP contribution in [-0.2, 0) is 41.7 Å². The molecule has 0 spiro atoms. The van der Waals surface area contributed by atoms with E-state index in [1.807, 2.05) is 64.1 Å². The van der Waals surface area contributed by atoms with E-state index in [2.05, 4.69) is 28.1 Å². The first-order valence-electron chi connectivity index (χ1n) is 21.5. The summed E-state index contributed by atoms with van der Waals surface area (Å²) < 4.78 is 15.8. The molecule has 3 amide bonds. The van der Waals surface area contributed by atoms with Crippen molar-refractivity contribution >= 4 is 41.3 Å². The van der Waals surface area contributed by atoms with Gasteiger partial charge in [-0.05, 0) is 70.2 Å². The summed E-state index contributed by atoms with van der Waals surface area (Å²) in [6.07, 6.45) is -1.13. The molecule has 338 valence electrons. The van der Waals surface area contributed by atoms with Gasteiger partial charge in [-0.1, -0.05) is 107 Å². The number of benzene rings is 4. The first-order chi connectivity index (χ1) is 30.6. The number of Topliss-reactive ketones (excluding diaryl/α,β-unsaturated/α-hetero) is 2. The van der Waals surface area contributed by atoms with Crippen molar-refractivity contribution < 1.29 is 47.9 Å². The molecule has 3 atom stereocenters. The van der Waals surface area contributed by atoms with Crippen molar-refractivity contribution in [3.8, 4) is 16.9 Å². The molecule has 0 aliphatic heterocycles. The van der Waals surface area contributed by atoms with Gasteiger partial charge in [-0.3, -0.25) is 29.3 Å². The molecule has 0 saturated carbocycles. The van der Waals surface area contributed by atoms with E-state index < -0.39 is 47.0 Å². The van der Waals surface area contributed by atoms with Gasteiger partial charge in [0.15, 0.2) is 11.6 Å². The fourth-order valence-electron chi connectivity index (χ4n) is 7.51. The second kappa shape index (κ2) is 23.0. The quantitative estimate of drug-likeness (QED) is 0.0298. The maximum atomic E-state index is 13.6. The molecule has 4 aromatic carbocycles. The van der Waals surface area contributed by atoms with Crippen LogP contribution < -0.4 is 20.7 Å². The van der Waals surface area contributed by atoms with Gasteiger partial charge in [-0.2, -0.15) is 0 Å². The van der Waals surface area contributed by atoms with Crippen molar-refractivity contribution in [3.05, 3.63) is 129 Å². The molecule has 1 aliphatic carbocycles. The summed E-state index contributed by atoms with van der Waals surface area (Å²) in [5, 5.41) is 19.1. The molecule has 1 aliphatic rings. The molecule has 5 rings (SSSR count). The number of hydrogen-bond donors (Lipinski definition) is 3. The van der Waals surface area contributed by atoms with Crippen LogP contribution in [0.3, 0.4) is 0 Å².